The molecule has 1 N–H and O–H groups in total. The minimum Gasteiger partial charge on any atom is -0.488 e. The van der Waals surface area contributed by atoms with Crippen LogP contribution in [0.1, 0.15) is 59.5 Å². The van der Waals surface area contributed by atoms with Crippen molar-refractivity contribution in [2.75, 3.05) is 6.54 Å². The van der Waals surface area contributed by atoms with E-state index in [1.165, 1.54) is 24.8 Å². The normalized spacial score (nSPS) is 14.0. The smallest absolute Gasteiger partial charge is 0.255 e. The number of aryl methyl sites for hydroxylation is 2. The summed E-state index contributed by atoms with van der Waals surface area (Å²) in [6.07, 6.45) is 8.11. The Balaban J connectivity index is 1.59. The van der Waals surface area contributed by atoms with Gasteiger partial charge in [0.2, 0.25) is 0 Å². The van der Waals surface area contributed by atoms with Crippen molar-refractivity contribution in [1.29, 1.82) is 0 Å². The molecule has 0 aliphatic heterocycles. The van der Waals surface area contributed by atoms with Crippen LogP contribution in [0, 0.1) is 13.8 Å². The van der Waals surface area contributed by atoms with Crippen LogP contribution in [-0.2, 0) is 6.61 Å². The average Bonchev–Trinajstić information content (AvgIpc) is 2.99. The van der Waals surface area contributed by atoms with Crippen LogP contribution in [0.5, 0.6) is 5.75 Å². The molecule has 0 fully saturated rings. The standard InChI is InChI=1S/C21H26N2O3/c1-15-19(16(2)26-23-15)14-25-20-11-7-6-10-18(20)21(24)22-13-12-17-8-4-3-5-9-17/h6-8,10-11H,3-5,9,12-14H2,1-2H3,(H,22,24). The van der Waals surface area contributed by atoms with Crippen molar-refractivity contribution >= 4 is 5.91 Å². The summed E-state index contributed by atoms with van der Waals surface area (Å²) in [4.78, 5) is 12.6. The van der Waals surface area contributed by atoms with Crippen molar-refractivity contribution in [3.8, 4) is 5.75 Å². The summed E-state index contributed by atoms with van der Waals surface area (Å²) in [5.41, 5.74) is 3.74. The second-order valence-electron chi connectivity index (χ2n) is 6.70. The molecule has 0 radical (unpaired) electrons. The number of hydrogen-bond donors (Lipinski definition) is 1. The van der Waals surface area contributed by atoms with Crippen molar-refractivity contribution in [2.24, 2.45) is 0 Å². The number of carbonyl (C=O) groups excluding carboxylic acids is 1. The SMILES string of the molecule is Cc1noc(C)c1COc1ccccc1C(=O)NCCC1=CCCCC1. The lowest BCUT2D eigenvalue weighted by Crippen LogP contribution is -2.25. The van der Waals surface area contributed by atoms with Crippen molar-refractivity contribution in [3.63, 3.8) is 0 Å². The third kappa shape index (κ3) is 4.54. The van der Waals surface area contributed by atoms with E-state index in [1.807, 2.05) is 32.0 Å². The number of nitrogens with zero attached hydrogens (tertiary/aromatic N) is 1. The molecule has 5 heteroatoms. The number of para-hydroxylation sites is 1. The highest BCUT2D eigenvalue weighted by Crippen LogP contribution is 2.22. The predicted molar refractivity (Wildman–Crippen MR) is 100 cm³/mol. The number of rotatable bonds is 7. The van der Waals surface area contributed by atoms with E-state index in [-0.39, 0.29) is 5.91 Å². The molecule has 0 unspecified atom stereocenters. The van der Waals surface area contributed by atoms with Gasteiger partial charge in [-0.05, 0) is 58.1 Å². The molecule has 0 bridgehead atoms. The molecule has 0 saturated heterocycles. The zero-order chi connectivity index (χ0) is 18.4. The van der Waals surface area contributed by atoms with Crippen LogP contribution in [-0.4, -0.2) is 17.6 Å². The third-order valence-corrected chi connectivity index (χ3v) is 4.80. The lowest BCUT2D eigenvalue weighted by Gasteiger charge is -2.14. The van der Waals surface area contributed by atoms with Gasteiger partial charge in [-0.25, -0.2) is 0 Å². The van der Waals surface area contributed by atoms with Gasteiger partial charge in [-0.1, -0.05) is 28.9 Å². The van der Waals surface area contributed by atoms with Gasteiger partial charge in [0.25, 0.3) is 5.91 Å². The Kier molecular flexibility index (Phi) is 6.10. The van der Waals surface area contributed by atoms with Crippen LogP contribution in [0.2, 0.25) is 0 Å². The Morgan fingerprint density at radius 2 is 2.12 bits per heavy atom. The highest BCUT2D eigenvalue weighted by molar-refractivity contribution is 5.96. The Morgan fingerprint density at radius 3 is 2.85 bits per heavy atom. The molecule has 3 rings (SSSR count). The van der Waals surface area contributed by atoms with Gasteiger partial charge >= 0.3 is 0 Å². The largest absolute Gasteiger partial charge is 0.488 e. The van der Waals surface area contributed by atoms with Gasteiger partial charge in [-0.3, -0.25) is 4.79 Å². The minimum absolute atomic E-state index is 0.101. The topological polar surface area (TPSA) is 64.4 Å². The summed E-state index contributed by atoms with van der Waals surface area (Å²) in [5, 5.41) is 6.94. The Labute approximate surface area is 154 Å². The predicted octanol–water partition coefficient (Wildman–Crippen LogP) is 4.49. The van der Waals surface area contributed by atoms with Crippen molar-refractivity contribution in [2.45, 2.75) is 52.6 Å². The lowest BCUT2D eigenvalue weighted by atomic mass is 9.97. The molecule has 5 nitrogen and oxygen atoms in total. The fourth-order valence-corrected chi connectivity index (χ4v) is 3.20. The number of hydrogen-bond acceptors (Lipinski definition) is 4. The van der Waals surface area contributed by atoms with E-state index in [2.05, 4.69) is 16.5 Å². The fraction of sp³-hybridized carbons (Fsp3) is 0.429. The maximum absolute atomic E-state index is 12.6. The molecular weight excluding hydrogens is 328 g/mol. The molecule has 1 aliphatic carbocycles. The van der Waals surface area contributed by atoms with Crippen LogP contribution in [0.25, 0.3) is 0 Å². The highest BCUT2D eigenvalue weighted by atomic mass is 16.5. The molecule has 26 heavy (non-hydrogen) atoms. The van der Waals surface area contributed by atoms with E-state index in [0.717, 1.165) is 29.9 Å². The fourth-order valence-electron chi connectivity index (χ4n) is 3.20. The van der Waals surface area contributed by atoms with Crippen molar-refractivity contribution in [1.82, 2.24) is 10.5 Å². The Hall–Kier alpha value is -2.56. The Morgan fingerprint density at radius 1 is 1.27 bits per heavy atom. The molecule has 1 aromatic carbocycles. The van der Waals surface area contributed by atoms with Crippen LogP contribution >= 0.6 is 0 Å². The van der Waals surface area contributed by atoms with E-state index < -0.39 is 0 Å². The molecular formula is C21H26N2O3. The maximum atomic E-state index is 12.6. The minimum atomic E-state index is -0.101. The van der Waals surface area contributed by atoms with Gasteiger partial charge in [0.05, 0.1) is 16.8 Å². The first kappa shape index (κ1) is 18.2. The number of carbonyl (C=O) groups is 1. The molecule has 1 heterocycles. The monoisotopic (exact) mass is 354 g/mol. The van der Waals surface area contributed by atoms with Gasteiger partial charge in [0.1, 0.15) is 18.1 Å². The van der Waals surface area contributed by atoms with E-state index in [4.69, 9.17) is 9.26 Å². The van der Waals surface area contributed by atoms with E-state index in [9.17, 15) is 4.79 Å². The van der Waals surface area contributed by atoms with Gasteiger partial charge in [0, 0.05) is 6.54 Å². The van der Waals surface area contributed by atoms with Gasteiger partial charge in [-0.15, -0.1) is 0 Å². The molecule has 138 valence electrons. The van der Waals surface area contributed by atoms with Gasteiger partial charge in [-0.2, -0.15) is 0 Å². The summed E-state index contributed by atoms with van der Waals surface area (Å²) < 4.78 is 11.0. The first-order valence-electron chi connectivity index (χ1n) is 9.25. The van der Waals surface area contributed by atoms with Gasteiger partial charge < -0.3 is 14.6 Å². The lowest BCUT2D eigenvalue weighted by molar-refractivity contribution is 0.0949. The van der Waals surface area contributed by atoms with Crippen LogP contribution in [0.15, 0.2) is 40.4 Å². The Bertz CT molecular complexity index is 773. The molecule has 0 spiro atoms. The molecule has 0 atom stereocenters. The summed E-state index contributed by atoms with van der Waals surface area (Å²) in [6.45, 7) is 4.73. The van der Waals surface area contributed by atoms with E-state index >= 15 is 0 Å². The quantitative estimate of drug-likeness (QED) is 0.744. The molecule has 0 saturated carbocycles. The van der Waals surface area contributed by atoms with Crippen molar-refractivity contribution < 1.29 is 14.1 Å². The highest BCUT2D eigenvalue weighted by Gasteiger charge is 2.15. The molecule has 1 amide bonds. The van der Waals surface area contributed by atoms with Crippen LogP contribution < -0.4 is 10.1 Å². The number of benzene rings is 1. The zero-order valence-electron chi connectivity index (χ0n) is 15.5. The first-order valence-corrected chi connectivity index (χ1v) is 9.25. The maximum Gasteiger partial charge on any atom is 0.255 e. The third-order valence-electron chi connectivity index (χ3n) is 4.80. The summed E-state index contributed by atoms with van der Waals surface area (Å²) in [5.74, 6) is 1.21. The number of aromatic nitrogens is 1. The van der Waals surface area contributed by atoms with Crippen LogP contribution in [0.3, 0.4) is 0 Å². The number of nitrogens with one attached hydrogen (secondary N) is 1. The number of allylic oxidation sites excluding steroid dienone is 1. The van der Waals surface area contributed by atoms with E-state index in [1.54, 1.807) is 6.07 Å². The van der Waals surface area contributed by atoms with Crippen LogP contribution in [0.4, 0.5) is 0 Å². The average molecular weight is 354 g/mol. The summed E-state index contributed by atoms with van der Waals surface area (Å²) in [7, 11) is 0. The molecule has 2 aromatic rings. The summed E-state index contributed by atoms with van der Waals surface area (Å²) in [6, 6.07) is 7.32. The molecule has 1 aliphatic rings. The number of ether oxygens (including phenoxy) is 1. The van der Waals surface area contributed by atoms with E-state index in [0.29, 0.717) is 24.5 Å². The number of amides is 1. The second-order valence-corrected chi connectivity index (χ2v) is 6.70. The second kappa shape index (κ2) is 8.70. The van der Waals surface area contributed by atoms with Crippen molar-refractivity contribution in [3.05, 3.63) is 58.5 Å². The molecule has 1 aromatic heterocycles. The zero-order valence-corrected chi connectivity index (χ0v) is 15.5. The van der Waals surface area contributed by atoms with Gasteiger partial charge in [0.15, 0.2) is 0 Å². The summed E-state index contributed by atoms with van der Waals surface area (Å²) >= 11 is 0. The first-order chi connectivity index (χ1) is 12.6.